The largest absolute Gasteiger partial charge is 0.290 e. The number of nitrogens with zero attached hydrogens (tertiary/aromatic N) is 1. The Bertz CT molecular complexity index is 752. The van der Waals surface area contributed by atoms with Gasteiger partial charge in [-0.25, -0.2) is 0 Å². The second kappa shape index (κ2) is 8.33. The lowest BCUT2D eigenvalue weighted by atomic mass is 9.44. The highest BCUT2D eigenvalue weighted by atomic mass is 15.2. The molecule has 0 N–H and O–H groups in total. The zero-order valence-electron chi connectivity index (χ0n) is 21.4. The van der Waals surface area contributed by atoms with Gasteiger partial charge in [-0.15, -0.1) is 5.92 Å². The van der Waals surface area contributed by atoms with E-state index in [1.54, 1.807) is 19.3 Å². The van der Waals surface area contributed by atoms with Gasteiger partial charge in [-0.2, -0.15) is 0 Å². The molecule has 0 spiro atoms. The SMILES string of the molecule is C[C@H](CC#CC1CC2CCN1CC2)[C@H]1CC[C@H]2[C@@H]3CCC4CCCC[C@]4(C)[C@H]3CC[C@]12C. The zero-order chi connectivity index (χ0) is 21.9. The fourth-order valence-electron chi connectivity index (χ4n) is 10.9. The highest BCUT2D eigenvalue weighted by Crippen LogP contribution is 2.68. The van der Waals surface area contributed by atoms with Crippen molar-refractivity contribution >= 4 is 0 Å². The molecule has 1 heteroatoms. The molecule has 2 unspecified atom stereocenters. The average molecular weight is 436 g/mol. The van der Waals surface area contributed by atoms with E-state index in [1.165, 1.54) is 77.3 Å². The van der Waals surface area contributed by atoms with E-state index in [0.29, 0.717) is 16.9 Å². The van der Waals surface area contributed by atoms with Crippen LogP contribution in [0.2, 0.25) is 0 Å². The van der Waals surface area contributed by atoms with Crippen molar-refractivity contribution in [2.75, 3.05) is 13.1 Å². The van der Waals surface area contributed by atoms with E-state index in [-0.39, 0.29) is 0 Å². The summed E-state index contributed by atoms with van der Waals surface area (Å²) in [4.78, 5) is 2.67. The molecule has 4 saturated carbocycles. The molecule has 3 saturated heterocycles. The quantitative estimate of drug-likeness (QED) is 0.405. The molecule has 7 rings (SSSR count). The summed E-state index contributed by atoms with van der Waals surface area (Å²) in [6, 6.07) is 0.587. The van der Waals surface area contributed by atoms with Gasteiger partial charge in [0.15, 0.2) is 0 Å². The van der Waals surface area contributed by atoms with Gasteiger partial charge in [0.1, 0.15) is 0 Å². The molecule has 0 aromatic rings. The van der Waals surface area contributed by atoms with Crippen LogP contribution in [0.1, 0.15) is 111 Å². The van der Waals surface area contributed by atoms with E-state index in [4.69, 9.17) is 0 Å². The molecule has 0 aromatic heterocycles. The normalized spacial score (nSPS) is 52.8. The van der Waals surface area contributed by atoms with Gasteiger partial charge < -0.3 is 0 Å². The van der Waals surface area contributed by atoms with Crippen molar-refractivity contribution in [3.05, 3.63) is 0 Å². The molecular formula is C31H49N. The lowest BCUT2D eigenvalue weighted by Gasteiger charge is -2.60. The molecule has 4 aliphatic carbocycles. The zero-order valence-corrected chi connectivity index (χ0v) is 21.4. The summed E-state index contributed by atoms with van der Waals surface area (Å²) in [5.41, 5.74) is 1.29. The number of rotatable bonds is 2. The number of piperidine rings is 3. The summed E-state index contributed by atoms with van der Waals surface area (Å²) < 4.78 is 0. The summed E-state index contributed by atoms with van der Waals surface area (Å²) in [5, 5.41) is 0. The van der Waals surface area contributed by atoms with Gasteiger partial charge in [-0.3, -0.25) is 4.90 Å². The predicted octanol–water partition coefficient (Wildman–Crippen LogP) is 7.55. The molecule has 1 nitrogen and oxygen atoms in total. The molecular weight excluding hydrogens is 386 g/mol. The molecule has 2 bridgehead atoms. The van der Waals surface area contributed by atoms with Gasteiger partial charge >= 0.3 is 0 Å². The highest BCUT2D eigenvalue weighted by molar-refractivity contribution is 5.14. The van der Waals surface area contributed by atoms with Crippen LogP contribution in [0.4, 0.5) is 0 Å². The number of hydrogen-bond acceptors (Lipinski definition) is 1. The molecule has 3 aliphatic heterocycles. The fraction of sp³-hybridized carbons (Fsp3) is 0.935. The molecule has 32 heavy (non-hydrogen) atoms. The maximum absolute atomic E-state index is 3.75. The second-order valence-electron chi connectivity index (χ2n) is 13.9. The first-order chi connectivity index (χ1) is 15.5. The van der Waals surface area contributed by atoms with Gasteiger partial charge in [-0.1, -0.05) is 39.5 Å². The molecule has 9 atom stereocenters. The van der Waals surface area contributed by atoms with Crippen LogP contribution in [0.25, 0.3) is 0 Å². The summed E-state index contributed by atoms with van der Waals surface area (Å²) in [6.45, 7) is 10.6. The maximum Gasteiger partial charge on any atom is 0.0717 e. The monoisotopic (exact) mass is 435 g/mol. The molecule has 7 aliphatic rings. The van der Waals surface area contributed by atoms with Gasteiger partial charge in [0.05, 0.1) is 6.04 Å². The second-order valence-corrected chi connectivity index (χ2v) is 13.9. The summed E-state index contributed by atoms with van der Waals surface area (Å²) in [6.07, 6.45) is 20.6. The standard InChI is InChI=1S/C31H49N/c1-22(7-6-9-25-21-23-15-19-32(25)20-16-23)27-12-13-28-26-11-10-24-8-4-5-17-30(24,2)29(26)14-18-31(27,28)3/h22-29H,4-5,7-8,10-21H2,1-3H3/t22-,24?,25?,26+,27-,28+,29+,30+,31-/m1/s1. The number of hydrogen-bond donors (Lipinski definition) is 0. The topological polar surface area (TPSA) is 3.24 Å². The highest BCUT2D eigenvalue weighted by Gasteiger charge is 2.60. The summed E-state index contributed by atoms with van der Waals surface area (Å²) in [7, 11) is 0. The first-order valence-electron chi connectivity index (χ1n) is 14.7. The maximum atomic E-state index is 3.75. The Kier molecular flexibility index (Phi) is 5.73. The molecule has 7 fully saturated rings. The Morgan fingerprint density at radius 2 is 1.66 bits per heavy atom. The van der Waals surface area contributed by atoms with Crippen LogP contribution < -0.4 is 0 Å². The van der Waals surface area contributed by atoms with E-state index >= 15 is 0 Å². The van der Waals surface area contributed by atoms with Gasteiger partial charge in [0.25, 0.3) is 0 Å². The Morgan fingerprint density at radius 1 is 0.844 bits per heavy atom. The molecule has 3 heterocycles. The van der Waals surface area contributed by atoms with E-state index in [9.17, 15) is 0 Å². The third-order valence-corrected chi connectivity index (χ3v) is 12.7. The minimum absolute atomic E-state index is 0.587. The van der Waals surface area contributed by atoms with Crippen LogP contribution >= 0.6 is 0 Å². The fourth-order valence-corrected chi connectivity index (χ4v) is 10.9. The van der Waals surface area contributed by atoms with E-state index < -0.39 is 0 Å². The van der Waals surface area contributed by atoms with Crippen molar-refractivity contribution in [1.82, 2.24) is 4.90 Å². The molecule has 0 amide bonds. The Morgan fingerprint density at radius 3 is 2.44 bits per heavy atom. The van der Waals surface area contributed by atoms with E-state index in [1.807, 2.05) is 0 Å². The van der Waals surface area contributed by atoms with Gasteiger partial charge in [0.2, 0.25) is 0 Å². The first-order valence-corrected chi connectivity index (χ1v) is 14.7. The smallest absolute Gasteiger partial charge is 0.0717 e. The Labute approximate surface area is 198 Å². The van der Waals surface area contributed by atoms with Crippen LogP contribution in [0.3, 0.4) is 0 Å². The predicted molar refractivity (Wildman–Crippen MR) is 134 cm³/mol. The van der Waals surface area contributed by atoms with E-state index in [2.05, 4.69) is 37.5 Å². The lowest BCUT2D eigenvalue weighted by Crippen LogP contribution is -2.53. The summed E-state index contributed by atoms with van der Waals surface area (Å²) in [5.74, 6) is 14.3. The lowest BCUT2D eigenvalue weighted by molar-refractivity contribution is -0.114. The van der Waals surface area contributed by atoms with E-state index in [0.717, 1.165) is 47.8 Å². The molecule has 0 radical (unpaired) electrons. The third kappa shape index (κ3) is 3.44. The minimum Gasteiger partial charge on any atom is -0.290 e. The van der Waals surface area contributed by atoms with Gasteiger partial charge in [0, 0.05) is 6.42 Å². The van der Waals surface area contributed by atoms with Crippen molar-refractivity contribution < 1.29 is 0 Å². The van der Waals surface area contributed by atoms with Crippen LogP contribution in [0.5, 0.6) is 0 Å². The number of fused-ring (bicyclic) bond motifs is 8. The summed E-state index contributed by atoms with van der Waals surface area (Å²) >= 11 is 0. The van der Waals surface area contributed by atoms with Crippen molar-refractivity contribution in [2.45, 2.75) is 117 Å². The minimum atomic E-state index is 0.587. The van der Waals surface area contributed by atoms with Gasteiger partial charge in [-0.05, 0) is 136 Å². The van der Waals surface area contributed by atoms with Crippen molar-refractivity contribution in [2.24, 2.45) is 52.3 Å². The van der Waals surface area contributed by atoms with Crippen LogP contribution in [0.15, 0.2) is 0 Å². The third-order valence-electron chi connectivity index (χ3n) is 12.7. The van der Waals surface area contributed by atoms with Crippen molar-refractivity contribution in [3.8, 4) is 11.8 Å². The Hall–Kier alpha value is -0.480. The van der Waals surface area contributed by atoms with Crippen LogP contribution in [0, 0.1) is 64.1 Å². The van der Waals surface area contributed by atoms with Crippen LogP contribution in [-0.4, -0.2) is 24.0 Å². The van der Waals surface area contributed by atoms with Crippen molar-refractivity contribution in [1.29, 1.82) is 0 Å². The average Bonchev–Trinajstić information content (AvgIpc) is 3.17. The molecule has 0 aromatic carbocycles. The molecule has 178 valence electrons. The first kappa shape index (κ1) is 22.0. The Balaban J connectivity index is 1.13. The van der Waals surface area contributed by atoms with Crippen LogP contribution in [-0.2, 0) is 0 Å². The van der Waals surface area contributed by atoms with Crippen molar-refractivity contribution in [3.63, 3.8) is 0 Å².